The summed E-state index contributed by atoms with van der Waals surface area (Å²) in [5.74, 6) is 0.410. The molecule has 3 N–H and O–H groups in total. The predicted octanol–water partition coefficient (Wildman–Crippen LogP) is 4.93. The highest BCUT2D eigenvalue weighted by atomic mass is 32.2. The van der Waals surface area contributed by atoms with E-state index >= 15 is 0 Å². The highest BCUT2D eigenvalue weighted by Gasteiger charge is 2.24. The lowest BCUT2D eigenvalue weighted by Gasteiger charge is -2.31. The van der Waals surface area contributed by atoms with Crippen molar-refractivity contribution in [1.29, 1.82) is 0 Å². The van der Waals surface area contributed by atoms with E-state index in [1.807, 2.05) is 25.1 Å². The summed E-state index contributed by atoms with van der Waals surface area (Å²) >= 11 is 0. The molecule has 0 saturated carbocycles. The third kappa shape index (κ3) is 6.90. The number of nitrogens with one attached hydrogen (secondary N) is 2. The summed E-state index contributed by atoms with van der Waals surface area (Å²) in [6.45, 7) is 6.32. The quantitative estimate of drug-likeness (QED) is 0.158. The van der Waals surface area contributed by atoms with Crippen LogP contribution in [0.4, 0.5) is 4.39 Å². The molecule has 1 aliphatic rings. The second-order valence-electron chi connectivity index (χ2n) is 12.3. The van der Waals surface area contributed by atoms with E-state index in [9.17, 15) is 22.7 Å². The van der Waals surface area contributed by atoms with Crippen molar-refractivity contribution in [1.82, 2.24) is 29.6 Å². The summed E-state index contributed by atoms with van der Waals surface area (Å²) in [5.41, 5.74) is 5.12. The number of Topliss-reactive ketones (excluding diaryl/α,β-unsaturated/α-hetero) is 1. The molecule has 13 heteroatoms. The monoisotopic (exact) mass is 674 g/mol. The molecular weight excluding hydrogens is 635 g/mol. The first kappa shape index (κ1) is 33.5. The number of halogens is 1. The minimum Gasteiger partial charge on any atom is -0.496 e. The Kier molecular flexibility index (Phi) is 9.74. The number of benzene rings is 3. The molecule has 1 aliphatic heterocycles. The number of hydrogen-bond acceptors (Lipinski definition) is 8. The van der Waals surface area contributed by atoms with Crippen LogP contribution in [-0.2, 0) is 23.2 Å². The first-order valence-corrected chi connectivity index (χ1v) is 17.4. The molecule has 0 atom stereocenters. The molecule has 1 fully saturated rings. The van der Waals surface area contributed by atoms with Gasteiger partial charge in [0, 0.05) is 48.6 Å². The van der Waals surface area contributed by atoms with Gasteiger partial charge >= 0.3 is 0 Å². The number of fused-ring (bicyclic) bond motifs is 1. The fraction of sp³-hybridized carbons (Fsp3) is 0.343. The fourth-order valence-electron chi connectivity index (χ4n) is 6.54. The molecule has 11 nitrogen and oxygen atoms in total. The number of aromatic amines is 1. The van der Waals surface area contributed by atoms with Crippen LogP contribution in [0.1, 0.15) is 41.4 Å². The van der Waals surface area contributed by atoms with Crippen LogP contribution >= 0.6 is 0 Å². The third-order valence-electron chi connectivity index (χ3n) is 9.06. The number of piperidine rings is 1. The van der Waals surface area contributed by atoms with E-state index in [1.54, 1.807) is 42.3 Å². The first-order valence-electron chi connectivity index (χ1n) is 15.9. The number of ketones is 1. The maximum absolute atomic E-state index is 14.0. The molecule has 0 unspecified atom stereocenters. The van der Waals surface area contributed by atoms with Crippen molar-refractivity contribution in [2.45, 2.75) is 44.7 Å². The lowest BCUT2D eigenvalue weighted by atomic mass is 9.95. The molecule has 0 amide bonds. The smallest absolute Gasteiger partial charge is 0.240 e. The van der Waals surface area contributed by atoms with Crippen LogP contribution < -0.4 is 9.46 Å². The van der Waals surface area contributed by atoms with E-state index in [2.05, 4.69) is 24.9 Å². The second-order valence-corrected chi connectivity index (χ2v) is 14.0. The Morgan fingerprint density at radius 1 is 1.12 bits per heavy atom. The van der Waals surface area contributed by atoms with Crippen molar-refractivity contribution in [3.05, 3.63) is 83.4 Å². The molecule has 0 bridgehead atoms. The van der Waals surface area contributed by atoms with Gasteiger partial charge in [0.05, 0.1) is 30.5 Å². The lowest BCUT2D eigenvalue weighted by molar-refractivity contribution is 0.101. The molecule has 48 heavy (non-hydrogen) atoms. The summed E-state index contributed by atoms with van der Waals surface area (Å²) < 4.78 is 50.4. The van der Waals surface area contributed by atoms with Crippen LogP contribution in [0.2, 0.25) is 0 Å². The molecule has 3 aromatic carbocycles. The van der Waals surface area contributed by atoms with E-state index in [-0.39, 0.29) is 23.8 Å². The number of ether oxygens (including phenoxy) is 1. The van der Waals surface area contributed by atoms with Crippen molar-refractivity contribution in [2.24, 2.45) is 5.92 Å². The van der Waals surface area contributed by atoms with Crippen molar-refractivity contribution in [2.75, 3.05) is 33.3 Å². The summed E-state index contributed by atoms with van der Waals surface area (Å²) in [7, 11) is -2.16. The van der Waals surface area contributed by atoms with Gasteiger partial charge in [0.1, 0.15) is 17.3 Å². The average Bonchev–Trinajstić information content (AvgIpc) is 3.69. The summed E-state index contributed by atoms with van der Waals surface area (Å²) in [5, 5.41) is 19.1. The lowest BCUT2D eigenvalue weighted by Crippen LogP contribution is -2.40. The Balaban J connectivity index is 1.03. The van der Waals surface area contributed by atoms with Gasteiger partial charge in [-0.15, -0.1) is 5.10 Å². The zero-order chi connectivity index (χ0) is 34.0. The molecule has 0 radical (unpaired) electrons. The Hall–Kier alpha value is -4.43. The maximum atomic E-state index is 14.0. The summed E-state index contributed by atoms with van der Waals surface area (Å²) in [6.07, 6.45) is 3.63. The highest BCUT2D eigenvalue weighted by Crippen LogP contribution is 2.36. The normalized spacial score (nSPS) is 14.5. The number of carbonyl (C=O) groups is 1. The van der Waals surface area contributed by atoms with Crippen LogP contribution in [0.25, 0.3) is 33.3 Å². The number of H-pyrrole nitrogens is 1. The fourth-order valence-corrected chi connectivity index (χ4v) is 7.65. The molecule has 5 aromatic rings. The van der Waals surface area contributed by atoms with Crippen LogP contribution in [0.5, 0.6) is 5.75 Å². The van der Waals surface area contributed by atoms with Crippen LogP contribution in [-0.4, -0.2) is 77.5 Å². The van der Waals surface area contributed by atoms with Crippen molar-refractivity contribution < 1.29 is 27.4 Å². The Labute approximate surface area is 278 Å². The molecule has 0 aliphatic carbocycles. The number of hydrogen-bond donors (Lipinski definition) is 3. The van der Waals surface area contributed by atoms with E-state index in [0.717, 1.165) is 42.6 Å². The Bertz CT molecular complexity index is 2040. The number of methoxy groups -OCH3 is 1. The van der Waals surface area contributed by atoms with E-state index in [4.69, 9.17) is 4.74 Å². The number of carbonyl (C=O) groups excluding carboxylic acids is 1. The van der Waals surface area contributed by atoms with Gasteiger partial charge in [-0.05, 0) is 91.9 Å². The highest BCUT2D eigenvalue weighted by molar-refractivity contribution is 7.89. The van der Waals surface area contributed by atoms with Crippen molar-refractivity contribution in [3.63, 3.8) is 0 Å². The van der Waals surface area contributed by atoms with Gasteiger partial charge in [-0.25, -0.2) is 17.5 Å². The van der Waals surface area contributed by atoms with Gasteiger partial charge < -0.3 is 19.7 Å². The summed E-state index contributed by atoms with van der Waals surface area (Å²) in [6, 6.07) is 14.8. The van der Waals surface area contributed by atoms with Crippen LogP contribution in [0, 0.1) is 18.7 Å². The SMILES string of the molecule is COc1cccc(CO)c1-c1ccc(S(=O)(=O)NCCN2CCC(Cn3cc(-c4c(C(C)=O)[nH]c5ccc(F)cc45)nn3)CC2)cc1C. The van der Waals surface area contributed by atoms with E-state index in [1.165, 1.54) is 19.1 Å². The topological polar surface area (TPSA) is 142 Å². The number of aliphatic hydroxyl groups excluding tert-OH is 1. The maximum Gasteiger partial charge on any atom is 0.240 e. The van der Waals surface area contributed by atoms with E-state index < -0.39 is 15.8 Å². The van der Waals surface area contributed by atoms with Crippen molar-refractivity contribution in [3.8, 4) is 28.1 Å². The zero-order valence-electron chi connectivity index (χ0n) is 27.2. The zero-order valence-corrected chi connectivity index (χ0v) is 28.0. The van der Waals surface area contributed by atoms with E-state index in [0.29, 0.717) is 58.2 Å². The van der Waals surface area contributed by atoms with Gasteiger partial charge in [0.15, 0.2) is 5.78 Å². The van der Waals surface area contributed by atoms with Gasteiger partial charge in [0.25, 0.3) is 0 Å². The third-order valence-corrected chi connectivity index (χ3v) is 10.5. The number of aliphatic hydroxyl groups is 1. The minimum atomic E-state index is -3.73. The molecule has 0 spiro atoms. The number of sulfonamides is 1. The predicted molar refractivity (Wildman–Crippen MR) is 181 cm³/mol. The minimum absolute atomic E-state index is 0.162. The number of rotatable bonds is 12. The second kappa shape index (κ2) is 14.0. The largest absolute Gasteiger partial charge is 0.496 e. The van der Waals surface area contributed by atoms with Gasteiger partial charge in [0.2, 0.25) is 10.0 Å². The van der Waals surface area contributed by atoms with Crippen molar-refractivity contribution >= 4 is 26.7 Å². The standard InChI is InChI=1S/C35H39FN6O5S/c1-22-17-27(8-9-28(22)33-25(21-43)5-4-6-32(33)47-3)48(45,46)37-13-16-41-14-11-24(12-15-41)19-42-20-31(39-40-42)34-29-18-26(36)7-10-30(29)38-35(34)23(2)44/h4-10,17-18,20,24,37-38,43H,11-16,19,21H2,1-3H3. The van der Waals surface area contributed by atoms with Gasteiger partial charge in [-0.3, -0.25) is 9.48 Å². The molecule has 252 valence electrons. The molecule has 2 aromatic heterocycles. The average molecular weight is 675 g/mol. The first-order chi connectivity index (χ1) is 23.1. The molecular formula is C35H39FN6O5S. The molecule has 6 rings (SSSR count). The number of nitrogens with zero attached hydrogens (tertiary/aromatic N) is 4. The van der Waals surface area contributed by atoms with Crippen LogP contribution in [0.15, 0.2) is 65.7 Å². The number of aryl methyl sites for hydroxylation is 1. The Morgan fingerprint density at radius 3 is 2.62 bits per heavy atom. The summed E-state index contributed by atoms with van der Waals surface area (Å²) in [4.78, 5) is 17.8. The Morgan fingerprint density at radius 2 is 1.92 bits per heavy atom. The number of aromatic nitrogens is 4. The van der Waals surface area contributed by atoms with Gasteiger partial charge in [-0.1, -0.05) is 23.4 Å². The van der Waals surface area contributed by atoms with Crippen LogP contribution in [0.3, 0.4) is 0 Å². The molecule has 3 heterocycles. The molecule has 1 saturated heterocycles. The van der Waals surface area contributed by atoms with Gasteiger partial charge in [-0.2, -0.15) is 0 Å². The number of likely N-dealkylation sites (tertiary alicyclic amines) is 1.